The fraction of sp³-hybridized carbons (Fsp3) is 0.917. The first-order chi connectivity index (χ1) is 6.21. The second-order valence-electron chi connectivity index (χ2n) is 5.67. The van der Waals surface area contributed by atoms with Crippen LogP contribution in [0.2, 0.25) is 0 Å². The second kappa shape index (κ2) is 4.79. The highest BCUT2D eigenvalue weighted by atomic mass is 15.1. The Morgan fingerprint density at radius 2 is 1.57 bits per heavy atom. The summed E-state index contributed by atoms with van der Waals surface area (Å²) in [5.74, 6) is 0.511. The van der Waals surface area contributed by atoms with Gasteiger partial charge in [-0.1, -0.05) is 34.6 Å². The molecule has 0 aliphatic heterocycles. The van der Waals surface area contributed by atoms with Gasteiger partial charge in [-0.05, 0) is 25.4 Å². The zero-order valence-corrected chi connectivity index (χ0v) is 10.6. The molecule has 0 spiro atoms. The van der Waals surface area contributed by atoms with Crippen LogP contribution in [0.15, 0.2) is 0 Å². The summed E-state index contributed by atoms with van der Waals surface area (Å²) >= 11 is 0. The van der Waals surface area contributed by atoms with Crippen molar-refractivity contribution in [3.05, 3.63) is 0 Å². The van der Waals surface area contributed by atoms with E-state index in [4.69, 9.17) is 0 Å². The molecule has 0 aromatic carbocycles. The van der Waals surface area contributed by atoms with Crippen molar-refractivity contribution in [2.24, 2.45) is 17.3 Å². The number of hydrogen-bond donors (Lipinski definition) is 0. The number of rotatable bonds is 3. The molecule has 0 radical (unpaired) electrons. The Kier molecular flexibility index (Phi) is 4.61. The van der Waals surface area contributed by atoms with Gasteiger partial charge in [-0.3, -0.25) is 0 Å². The quantitative estimate of drug-likeness (QED) is 0.694. The summed E-state index contributed by atoms with van der Waals surface area (Å²) < 4.78 is 0. The normalized spacial score (nSPS) is 16.9. The van der Waals surface area contributed by atoms with Gasteiger partial charge in [0.05, 0.1) is 12.0 Å². The van der Waals surface area contributed by atoms with Crippen molar-refractivity contribution in [2.75, 3.05) is 14.1 Å². The Balaban J connectivity index is 4.92. The van der Waals surface area contributed by atoms with Crippen LogP contribution in [0.4, 0.5) is 0 Å². The van der Waals surface area contributed by atoms with Gasteiger partial charge >= 0.3 is 0 Å². The zero-order chi connectivity index (χ0) is 11.5. The summed E-state index contributed by atoms with van der Waals surface area (Å²) in [4.78, 5) is 2.17. The molecule has 0 aromatic heterocycles. The van der Waals surface area contributed by atoms with Crippen LogP contribution in [-0.4, -0.2) is 25.0 Å². The van der Waals surface area contributed by atoms with E-state index in [-0.39, 0.29) is 11.3 Å². The summed E-state index contributed by atoms with van der Waals surface area (Å²) in [5, 5.41) is 9.20. The Hall–Kier alpha value is -0.550. The molecule has 0 rings (SSSR count). The molecule has 0 N–H and O–H groups in total. The summed E-state index contributed by atoms with van der Waals surface area (Å²) in [6.07, 6.45) is 0. The number of nitriles is 1. The van der Waals surface area contributed by atoms with E-state index in [0.717, 1.165) is 0 Å². The molecule has 82 valence electrons. The average molecular weight is 196 g/mol. The summed E-state index contributed by atoms with van der Waals surface area (Å²) in [6.45, 7) is 10.8. The molecule has 2 unspecified atom stereocenters. The van der Waals surface area contributed by atoms with Crippen LogP contribution in [0.5, 0.6) is 0 Å². The van der Waals surface area contributed by atoms with Gasteiger partial charge in [0.15, 0.2) is 0 Å². The molecule has 0 saturated heterocycles. The lowest BCUT2D eigenvalue weighted by Crippen LogP contribution is -2.46. The van der Waals surface area contributed by atoms with Crippen LogP contribution in [-0.2, 0) is 0 Å². The lowest BCUT2D eigenvalue weighted by molar-refractivity contribution is 0.0953. The van der Waals surface area contributed by atoms with Crippen molar-refractivity contribution in [1.82, 2.24) is 4.90 Å². The number of nitrogens with zero attached hydrogens (tertiary/aromatic N) is 2. The summed E-state index contributed by atoms with van der Waals surface area (Å²) in [6, 6.07) is 2.76. The maximum atomic E-state index is 9.20. The molecule has 14 heavy (non-hydrogen) atoms. The lowest BCUT2D eigenvalue weighted by atomic mass is 9.74. The molecule has 0 saturated carbocycles. The van der Waals surface area contributed by atoms with E-state index in [1.165, 1.54) is 0 Å². The third-order valence-corrected chi connectivity index (χ3v) is 2.65. The molecule has 2 atom stereocenters. The van der Waals surface area contributed by atoms with Gasteiger partial charge in [0.2, 0.25) is 0 Å². The van der Waals surface area contributed by atoms with Gasteiger partial charge in [-0.25, -0.2) is 0 Å². The van der Waals surface area contributed by atoms with Crippen molar-refractivity contribution >= 4 is 0 Å². The monoisotopic (exact) mass is 196 g/mol. The van der Waals surface area contributed by atoms with E-state index in [1.807, 2.05) is 0 Å². The molecule has 0 aliphatic carbocycles. The Bertz CT molecular complexity index is 205. The number of hydrogen-bond acceptors (Lipinski definition) is 2. The van der Waals surface area contributed by atoms with E-state index in [9.17, 15) is 5.26 Å². The minimum Gasteiger partial charge on any atom is -0.305 e. The van der Waals surface area contributed by atoms with Gasteiger partial charge in [-0.15, -0.1) is 0 Å². The molecule has 0 amide bonds. The first kappa shape index (κ1) is 13.4. The van der Waals surface area contributed by atoms with Crippen LogP contribution >= 0.6 is 0 Å². The molecule has 0 fully saturated rings. The van der Waals surface area contributed by atoms with Crippen LogP contribution in [0.3, 0.4) is 0 Å². The highest BCUT2D eigenvalue weighted by Crippen LogP contribution is 2.32. The maximum Gasteiger partial charge on any atom is 0.0675 e. The minimum atomic E-state index is 0.102. The summed E-state index contributed by atoms with van der Waals surface area (Å²) in [5.41, 5.74) is 0.147. The Morgan fingerprint density at radius 1 is 1.14 bits per heavy atom. The van der Waals surface area contributed by atoms with E-state index < -0.39 is 0 Å². The molecule has 0 heterocycles. The predicted molar refractivity (Wildman–Crippen MR) is 60.9 cm³/mol. The largest absolute Gasteiger partial charge is 0.305 e. The predicted octanol–water partition coefficient (Wildman–Crippen LogP) is 2.76. The van der Waals surface area contributed by atoms with Crippen molar-refractivity contribution < 1.29 is 0 Å². The fourth-order valence-corrected chi connectivity index (χ4v) is 2.22. The second-order valence-corrected chi connectivity index (χ2v) is 5.67. The van der Waals surface area contributed by atoms with Crippen LogP contribution < -0.4 is 0 Å². The van der Waals surface area contributed by atoms with Crippen molar-refractivity contribution in [3.63, 3.8) is 0 Å². The van der Waals surface area contributed by atoms with Crippen LogP contribution in [0.25, 0.3) is 0 Å². The fourth-order valence-electron chi connectivity index (χ4n) is 2.22. The molecular weight excluding hydrogens is 172 g/mol. The van der Waals surface area contributed by atoms with Crippen molar-refractivity contribution in [3.8, 4) is 6.07 Å². The standard InChI is InChI=1S/C12H24N2/c1-9(2)10(8-13)11(14(6)7)12(3,4)5/h9-11H,1-7H3. The SMILES string of the molecule is CC(C)C(C#N)C(N(C)C)C(C)(C)C. The minimum absolute atomic E-state index is 0.102. The smallest absolute Gasteiger partial charge is 0.0675 e. The van der Waals surface area contributed by atoms with Gasteiger partial charge in [0.25, 0.3) is 0 Å². The lowest BCUT2D eigenvalue weighted by Gasteiger charge is -2.40. The van der Waals surface area contributed by atoms with Crippen LogP contribution in [0.1, 0.15) is 34.6 Å². The first-order valence-corrected chi connectivity index (χ1v) is 5.27. The highest BCUT2D eigenvalue weighted by Gasteiger charge is 2.35. The van der Waals surface area contributed by atoms with Gasteiger partial charge in [0, 0.05) is 6.04 Å². The molecule has 2 nitrogen and oxygen atoms in total. The van der Waals surface area contributed by atoms with E-state index in [1.54, 1.807) is 0 Å². The van der Waals surface area contributed by atoms with E-state index >= 15 is 0 Å². The third kappa shape index (κ3) is 3.31. The molecule has 2 heteroatoms. The molecule has 0 bridgehead atoms. The zero-order valence-electron chi connectivity index (χ0n) is 10.6. The molecule has 0 aromatic rings. The Morgan fingerprint density at radius 3 is 1.64 bits per heavy atom. The molecular formula is C12H24N2. The third-order valence-electron chi connectivity index (χ3n) is 2.65. The topological polar surface area (TPSA) is 27.0 Å². The van der Waals surface area contributed by atoms with Gasteiger partial charge in [0.1, 0.15) is 0 Å². The van der Waals surface area contributed by atoms with E-state index in [2.05, 4.69) is 59.7 Å². The van der Waals surface area contributed by atoms with Gasteiger partial charge in [-0.2, -0.15) is 5.26 Å². The van der Waals surface area contributed by atoms with Crippen molar-refractivity contribution in [1.29, 1.82) is 5.26 Å². The summed E-state index contributed by atoms with van der Waals surface area (Å²) in [7, 11) is 4.12. The highest BCUT2D eigenvalue weighted by molar-refractivity contribution is 4.98. The van der Waals surface area contributed by atoms with Crippen molar-refractivity contribution in [2.45, 2.75) is 40.7 Å². The Labute approximate surface area is 88.9 Å². The van der Waals surface area contributed by atoms with E-state index in [0.29, 0.717) is 12.0 Å². The van der Waals surface area contributed by atoms with Crippen LogP contribution in [0, 0.1) is 28.6 Å². The average Bonchev–Trinajstić information content (AvgIpc) is 1.95. The van der Waals surface area contributed by atoms with Gasteiger partial charge < -0.3 is 4.90 Å². The molecule has 0 aliphatic rings. The maximum absolute atomic E-state index is 9.20. The first-order valence-electron chi connectivity index (χ1n) is 5.27.